The molecule has 17 heavy (non-hydrogen) atoms. The molecule has 0 saturated heterocycles. The summed E-state index contributed by atoms with van der Waals surface area (Å²) in [5.74, 6) is 0. The molecule has 88 valence electrons. The van der Waals surface area contributed by atoms with Crippen molar-refractivity contribution in [3.8, 4) is 0 Å². The Morgan fingerprint density at radius 3 is 2.41 bits per heavy atom. The fourth-order valence-electron chi connectivity index (χ4n) is 2.04. The topological polar surface area (TPSA) is 52.0 Å². The normalized spacial score (nSPS) is 12.4. The lowest BCUT2D eigenvalue weighted by atomic mass is 9.93. The second kappa shape index (κ2) is 4.60. The highest BCUT2D eigenvalue weighted by Gasteiger charge is 2.12. The van der Waals surface area contributed by atoms with Gasteiger partial charge < -0.3 is 11.5 Å². The van der Waals surface area contributed by atoms with E-state index < -0.39 is 0 Å². The van der Waals surface area contributed by atoms with Crippen molar-refractivity contribution in [1.29, 1.82) is 0 Å². The van der Waals surface area contributed by atoms with Crippen LogP contribution in [0.25, 0.3) is 0 Å². The number of anilines is 1. The maximum atomic E-state index is 6.30. The molecule has 0 fully saturated rings. The van der Waals surface area contributed by atoms with Crippen molar-refractivity contribution in [1.82, 2.24) is 0 Å². The molecular weight excluding hydrogens is 208 g/mol. The minimum atomic E-state index is -0.113. The molecular formula is C15H18N2. The number of benzene rings is 2. The van der Waals surface area contributed by atoms with Gasteiger partial charge in [-0.1, -0.05) is 30.3 Å². The van der Waals surface area contributed by atoms with E-state index in [4.69, 9.17) is 11.5 Å². The van der Waals surface area contributed by atoms with Gasteiger partial charge in [0, 0.05) is 5.69 Å². The second-order valence-corrected chi connectivity index (χ2v) is 4.44. The molecule has 0 aliphatic heterocycles. The summed E-state index contributed by atoms with van der Waals surface area (Å²) in [4.78, 5) is 0. The van der Waals surface area contributed by atoms with Crippen LogP contribution in [0.15, 0.2) is 42.5 Å². The van der Waals surface area contributed by atoms with Crippen molar-refractivity contribution in [2.24, 2.45) is 5.73 Å². The zero-order valence-corrected chi connectivity index (χ0v) is 10.3. The summed E-state index contributed by atoms with van der Waals surface area (Å²) < 4.78 is 0. The smallest absolute Gasteiger partial charge is 0.0555 e. The third-order valence-electron chi connectivity index (χ3n) is 3.25. The summed E-state index contributed by atoms with van der Waals surface area (Å²) in [5.41, 5.74) is 17.6. The van der Waals surface area contributed by atoms with Crippen LogP contribution in [0.2, 0.25) is 0 Å². The maximum absolute atomic E-state index is 6.30. The Morgan fingerprint density at radius 1 is 1.00 bits per heavy atom. The van der Waals surface area contributed by atoms with Crippen LogP contribution in [-0.2, 0) is 0 Å². The third-order valence-corrected chi connectivity index (χ3v) is 3.25. The standard InChI is InChI=1S/C15H18N2/c1-10-5-3-8-14(11(10)2)15(17)12-6-4-7-13(16)9-12/h3-9,15H,16-17H2,1-2H3. The van der Waals surface area contributed by atoms with E-state index in [1.165, 1.54) is 11.1 Å². The van der Waals surface area contributed by atoms with Crippen molar-refractivity contribution >= 4 is 5.69 Å². The molecule has 0 heterocycles. The fourth-order valence-corrected chi connectivity index (χ4v) is 2.04. The van der Waals surface area contributed by atoms with E-state index in [0.717, 1.165) is 16.8 Å². The van der Waals surface area contributed by atoms with E-state index in [1.807, 2.05) is 30.3 Å². The molecule has 0 aromatic heterocycles. The van der Waals surface area contributed by atoms with Crippen molar-refractivity contribution < 1.29 is 0 Å². The van der Waals surface area contributed by atoms with Crippen LogP contribution < -0.4 is 11.5 Å². The minimum absolute atomic E-state index is 0.113. The van der Waals surface area contributed by atoms with E-state index in [2.05, 4.69) is 26.0 Å². The molecule has 4 N–H and O–H groups in total. The number of aryl methyl sites for hydroxylation is 1. The molecule has 2 aromatic rings. The van der Waals surface area contributed by atoms with Crippen LogP contribution in [0.1, 0.15) is 28.3 Å². The molecule has 2 aromatic carbocycles. The first kappa shape index (κ1) is 11.7. The first-order valence-corrected chi connectivity index (χ1v) is 5.76. The quantitative estimate of drug-likeness (QED) is 0.773. The summed E-state index contributed by atoms with van der Waals surface area (Å²) in [5, 5.41) is 0. The first-order valence-electron chi connectivity index (χ1n) is 5.76. The molecule has 1 atom stereocenters. The van der Waals surface area contributed by atoms with Crippen molar-refractivity contribution in [2.45, 2.75) is 19.9 Å². The van der Waals surface area contributed by atoms with Gasteiger partial charge in [0.15, 0.2) is 0 Å². The van der Waals surface area contributed by atoms with E-state index in [9.17, 15) is 0 Å². The van der Waals surface area contributed by atoms with Gasteiger partial charge in [0.2, 0.25) is 0 Å². The fraction of sp³-hybridized carbons (Fsp3) is 0.200. The van der Waals surface area contributed by atoms with Gasteiger partial charge in [-0.25, -0.2) is 0 Å². The summed E-state index contributed by atoms with van der Waals surface area (Å²) >= 11 is 0. The summed E-state index contributed by atoms with van der Waals surface area (Å²) in [6, 6.07) is 13.9. The number of hydrogen-bond donors (Lipinski definition) is 2. The third kappa shape index (κ3) is 2.32. The monoisotopic (exact) mass is 226 g/mol. The van der Waals surface area contributed by atoms with Gasteiger partial charge in [0.1, 0.15) is 0 Å². The van der Waals surface area contributed by atoms with Crippen molar-refractivity contribution in [3.05, 3.63) is 64.7 Å². The SMILES string of the molecule is Cc1cccc(C(N)c2cccc(N)c2)c1C. The minimum Gasteiger partial charge on any atom is -0.399 e. The predicted molar refractivity (Wildman–Crippen MR) is 72.8 cm³/mol. The van der Waals surface area contributed by atoms with E-state index in [0.29, 0.717) is 0 Å². The zero-order valence-electron chi connectivity index (χ0n) is 10.3. The molecule has 0 amide bonds. The number of hydrogen-bond acceptors (Lipinski definition) is 2. The van der Waals surface area contributed by atoms with Crippen LogP contribution >= 0.6 is 0 Å². The molecule has 0 aliphatic carbocycles. The van der Waals surface area contributed by atoms with Crippen LogP contribution in [0.4, 0.5) is 5.69 Å². The van der Waals surface area contributed by atoms with E-state index in [-0.39, 0.29) is 6.04 Å². The Balaban J connectivity index is 2.44. The lowest BCUT2D eigenvalue weighted by Gasteiger charge is -2.17. The van der Waals surface area contributed by atoms with Gasteiger partial charge in [-0.2, -0.15) is 0 Å². The molecule has 0 spiro atoms. The van der Waals surface area contributed by atoms with Gasteiger partial charge in [0.25, 0.3) is 0 Å². The molecule has 2 heteroatoms. The van der Waals surface area contributed by atoms with Gasteiger partial charge in [0.05, 0.1) is 6.04 Å². The van der Waals surface area contributed by atoms with Gasteiger partial charge >= 0.3 is 0 Å². The lowest BCUT2D eigenvalue weighted by molar-refractivity contribution is 0.859. The Labute approximate surface area is 102 Å². The van der Waals surface area contributed by atoms with Crippen LogP contribution in [0.5, 0.6) is 0 Å². The second-order valence-electron chi connectivity index (χ2n) is 4.44. The first-order chi connectivity index (χ1) is 8.09. The number of rotatable bonds is 2. The zero-order chi connectivity index (χ0) is 12.4. The van der Waals surface area contributed by atoms with Gasteiger partial charge in [-0.3, -0.25) is 0 Å². The van der Waals surface area contributed by atoms with Gasteiger partial charge in [-0.15, -0.1) is 0 Å². The molecule has 0 radical (unpaired) electrons. The highest BCUT2D eigenvalue weighted by atomic mass is 14.6. The average molecular weight is 226 g/mol. The van der Waals surface area contributed by atoms with Crippen molar-refractivity contribution in [2.75, 3.05) is 5.73 Å². The Morgan fingerprint density at radius 2 is 1.71 bits per heavy atom. The van der Waals surface area contributed by atoms with Crippen LogP contribution in [0, 0.1) is 13.8 Å². The Bertz CT molecular complexity index is 532. The predicted octanol–water partition coefficient (Wildman–Crippen LogP) is 2.93. The van der Waals surface area contributed by atoms with Crippen LogP contribution in [-0.4, -0.2) is 0 Å². The number of nitrogen functional groups attached to an aromatic ring is 1. The molecule has 1 unspecified atom stereocenters. The summed E-state index contributed by atoms with van der Waals surface area (Å²) in [6.45, 7) is 4.21. The highest BCUT2D eigenvalue weighted by molar-refractivity contribution is 5.46. The maximum Gasteiger partial charge on any atom is 0.0555 e. The van der Waals surface area contributed by atoms with Gasteiger partial charge in [-0.05, 0) is 48.2 Å². The van der Waals surface area contributed by atoms with E-state index >= 15 is 0 Å². The molecule has 2 nitrogen and oxygen atoms in total. The molecule has 2 rings (SSSR count). The van der Waals surface area contributed by atoms with Crippen LogP contribution in [0.3, 0.4) is 0 Å². The molecule has 0 bridgehead atoms. The number of nitrogens with two attached hydrogens (primary N) is 2. The molecule has 0 aliphatic rings. The lowest BCUT2D eigenvalue weighted by Crippen LogP contribution is -2.14. The summed E-state index contributed by atoms with van der Waals surface area (Å²) in [7, 11) is 0. The Hall–Kier alpha value is -1.80. The largest absolute Gasteiger partial charge is 0.399 e. The van der Waals surface area contributed by atoms with Crippen molar-refractivity contribution in [3.63, 3.8) is 0 Å². The Kier molecular flexibility index (Phi) is 3.16. The van der Waals surface area contributed by atoms with E-state index in [1.54, 1.807) is 0 Å². The summed E-state index contributed by atoms with van der Waals surface area (Å²) in [6.07, 6.45) is 0. The highest BCUT2D eigenvalue weighted by Crippen LogP contribution is 2.25. The average Bonchev–Trinajstić information content (AvgIpc) is 2.32. The molecule has 0 saturated carbocycles.